The monoisotopic (exact) mass is 531 g/mol. The molecule has 0 spiro atoms. The van der Waals surface area contributed by atoms with Gasteiger partial charge in [0, 0.05) is 19.3 Å². The number of anilines is 4. The second-order valence-corrected chi connectivity index (χ2v) is 6.91. The fourth-order valence-corrected chi connectivity index (χ4v) is 2.61. The van der Waals surface area contributed by atoms with Crippen molar-refractivity contribution in [2.24, 2.45) is 5.10 Å². The lowest BCUT2D eigenvalue weighted by Crippen LogP contribution is -2.17. The van der Waals surface area contributed by atoms with Gasteiger partial charge in [0.15, 0.2) is 0 Å². The summed E-state index contributed by atoms with van der Waals surface area (Å²) in [5, 5.41) is 9.69. The van der Waals surface area contributed by atoms with Gasteiger partial charge >= 0.3 is 12.7 Å². The van der Waals surface area contributed by atoms with Gasteiger partial charge in [-0.15, -0.1) is 26.3 Å². The van der Waals surface area contributed by atoms with Crippen molar-refractivity contribution in [1.82, 2.24) is 15.0 Å². The Labute approximate surface area is 205 Å². The number of benzene rings is 2. The highest BCUT2D eigenvalue weighted by molar-refractivity contribution is 5.80. The van der Waals surface area contributed by atoms with Crippen molar-refractivity contribution in [3.05, 3.63) is 54.1 Å². The number of hydrogen-bond donors (Lipinski definition) is 3. The number of aromatic nitrogens is 3. The van der Waals surface area contributed by atoms with Gasteiger partial charge in [0.05, 0.1) is 12.8 Å². The van der Waals surface area contributed by atoms with E-state index in [1.54, 1.807) is 0 Å². The van der Waals surface area contributed by atoms with E-state index in [0.29, 0.717) is 24.4 Å². The molecule has 3 N–H and O–H groups in total. The number of ether oxygens (including phenoxy) is 3. The van der Waals surface area contributed by atoms with E-state index in [0.717, 1.165) is 24.3 Å². The molecule has 0 radical (unpaired) electrons. The summed E-state index contributed by atoms with van der Waals surface area (Å²) in [7, 11) is 1.51. The molecule has 0 bridgehead atoms. The molecule has 0 aliphatic rings. The number of nitrogens with zero attached hydrogens (tertiary/aromatic N) is 4. The molecule has 0 unspecified atom stereocenters. The molecule has 3 rings (SSSR count). The lowest BCUT2D eigenvalue weighted by molar-refractivity contribution is -0.275. The van der Waals surface area contributed by atoms with Crippen LogP contribution in [0.25, 0.3) is 0 Å². The van der Waals surface area contributed by atoms with Gasteiger partial charge in [0.25, 0.3) is 0 Å². The van der Waals surface area contributed by atoms with Crippen LogP contribution >= 0.6 is 0 Å². The van der Waals surface area contributed by atoms with Crippen LogP contribution in [0, 0.1) is 0 Å². The molecule has 10 nitrogen and oxygen atoms in total. The summed E-state index contributed by atoms with van der Waals surface area (Å²) in [4.78, 5) is 12.5. The number of halogens is 6. The Hall–Kier alpha value is -4.34. The van der Waals surface area contributed by atoms with Gasteiger partial charge < -0.3 is 24.8 Å². The van der Waals surface area contributed by atoms with Gasteiger partial charge in [0.2, 0.25) is 17.8 Å². The summed E-state index contributed by atoms with van der Waals surface area (Å²) >= 11 is 0. The van der Waals surface area contributed by atoms with E-state index in [1.807, 2.05) is 0 Å². The predicted octanol–water partition coefficient (Wildman–Crippen LogP) is 4.92. The lowest BCUT2D eigenvalue weighted by Gasteiger charge is -2.11. The average Bonchev–Trinajstić information content (AvgIpc) is 2.80. The van der Waals surface area contributed by atoms with Crippen LogP contribution in [0.5, 0.6) is 11.5 Å². The molecule has 1 aromatic heterocycles. The van der Waals surface area contributed by atoms with Crippen LogP contribution in [0.1, 0.15) is 5.56 Å². The SMILES string of the molecule is COCCNc1nc(N/N=C/c2ccc(OC(F)(F)F)cc2)nc(Nc2ccc(OC(F)(F)F)cc2)n1. The fraction of sp³-hybridized carbons (Fsp3) is 0.238. The minimum Gasteiger partial charge on any atom is -0.406 e. The van der Waals surface area contributed by atoms with E-state index < -0.39 is 18.5 Å². The Morgan fingerprint density at radius 1 is 0.784 bits per heavy atom. The zero-order valence-electron chi connectivity index (χ0n) is 18.9. The van der Waals surface area contributed by atoms with Crippen LogP contribution < -0.4 is 25.5 Å². The number of nitrogens with one attached hydrogen (secondary N) is 3. The molecule has 37 heavy (non-hydrogen) atoms. The predicted molar refractivity (Wildman–Crippen MR) is 121 cm³/mol. The minimum absolute atomic E-state index is 0.0114. The number of alkyl halides is 6. The van der Waals surface area contributed by atoms with Gasteiger partial charge in [-0.3, -0.25) is 0 Å². The molecule has 0 aliphatic carbocycles. The van der Waals surface area contributed by atoms with Gasteiger partial charge in [-0.05, 0) is 54.1 Å². The average molecular weight is 531 g/mol. The minimum atomic E-state index is -4.81. The molecule has 0 aliphatic heterocycles. The summed E-state index contributed by atoms with van der Waals surface area (Å²) in [6.07, 6.45) is -8.30. The van der Waals surface area contributed by atoms with Crippen LogP contribution in [0.4, 0.5) is 49.9 Å². The molecule has 0 saturated heterocycles. The Morgan fingerprint density at radius 3 is 1.89 bits per heavy atom. The zero-order valence-corrected chi connectivity index (χ0v) is 18.9. The van der Waals surface area contributed by atoms with Crippen molar-refractivity contribution in [3.8, 4) is 11.5 Å². The Balaban J connectivity index is 1.70. The third-order valence-electron chi connectivity index (χ3n) is 4.06. The number of hydrazone groups is 1. The number of hydrogen-bond acceptors (Lipinski definition) is 10. The van der Waals surface area contributed by atoms with E-state index in [9.17, 15) is 26.3 Å². The maximum atomic E-state index is 12.3. The van der Waals surface area contributed by atoms with E-state index in [2.05, 4.69) is 45.6 Å². The van der Waals surface area contributed by atoms with Crippen molar-refractivity contribution in [3.63, 3.8) is 0 Å². The Bertz CT molecular complexity index is 1170. The summed E-state index contributed by atoms with van der Waals surface area (Å²) in [6.45, 7) is 0.711. The summed E-state index contributed by atoms with van der Waals surface area (Å²) in [5.74, 6) is -0.618. The molecule has 0 saturated carbocycles. The summed E-state index contributed by atoms with van der Waals surface area (Å²) in [5.41, 5.74) is 3.39. The van der Waals surface area contributed by atoms with Crippen molar-refractivity contribution < 1.29 is 40.6 Å². The van der Waals surface area contributed by atoms with Crippen molar-refractivity contribution in [1.29, 1.82) is 0 Å². The van der Waals surface area contributed by atoms with Gasteiger partial charge in [-0.2, -0.15) is 20.1 Å². The molecule has 0 atom stereocenters. The van der Waals surface area contributed by atoms with Crippen LogP contribution in [0.3, 0.4) is 0 Å². The lowest BCUT2D eigenvalue weighted by atomic mass is 10.2. The van der Waals surface area contributed by atoms with Crippen molar-refractivity contribution in [2.45, 2.75) is 12.7 Å². The molecular weight excluding hydrogens is 512 g/mol. The first-order valence-corrected chi connectivity index (χ1v) is 10.3. The quantitative estimate of drug-likeness (QED) is 0.137. The fourth-order valence-electron chi connectivity index (χ4n) is 2.61. The van der Waals surface area contributed by atoms with Gasteiger partial charge in [-0.1, -0.05) is 0 Å². The molecular formula is C21H19F6N7O3. The largest absolute Gasteiger partial charge is 0.573 e. The van der Waals surface area contributed by atoms with E-state index >= 15 is 0 Å². The maximum absolute atomic E-state index is 12.3. The normalized spacial score (nSPS) is 11.9. The third kappa shape index (κ3) is 10.0. The van der Waals surface area contributed by atoms with Crippen LogP contribution in [-0.2, 0) is 4.74 Å². The van der Waals surface area contributed by atoms with Crippen LogP contribution in [0.15, 0.2) is 53.6 Å². The first kappa shape index (κ1) is 27.3. The molecule has 2 aromatic carbocycles. The van der Waals surface area contributed by atoms with E-state index in [4.69, 9.17) is 4.74 Å². The second kappa shape index (κ2) is 12.1. The number of methoxy groups -OCH3 is 1. The highest BCUT2D eigenvalue weighted by atomic mass is 19.4. The van der Waals surface area contributed by atoms with Crippen LogP contribution in [-0.4, -0.2) is 54.2 Å². The highest BCUT2D eigenvalue weighted by Gasteiger charge is 2.31. The highest BCUT2D eigenvalue weighted by Crippen LogP contribution is 2.25. The second-order valence-electron chi connectivity index (χ2n) is 6.91. The van der Waals surface area contributed by atoms with Gasteiger partial charge in [0.1, 0.15) is 11.5 Å². The molecule has 198 valence electrons. The van der Waals surface area contributed by atoms with Gasteiger partial charge in [-0.25, -0.2) is 5.43 Å². The molecule has 0 fully saturated rings. The Morgan fingerprint density at radius 2 is 1.32 bits per heavy atom. The van der Waals surface area contributed by atoms with E-state index in [-0.39, 0.29) is 23.6 Å². The standard InChI is InChI=1S/C21H19F6N7O3/c1-35-11-10-28-17-31-18(30-14-4-8-16(9-5-14)37-21(25,26)27)33-19(32-17)34-29-12-13-2-6-15(7-3-13)36-20(22,23)24/h2-9,12H,10-11H2,1H3,(H3,28,30,31,32,33,34)/b29-12+. The first-order chi connectivity index (χ1) is 17.5. The zero-order chi connectivity index (χ0) is 26.9. The topological polar surface area (TPSA) is 115 Å². The molecule has 3 aromatic rings. The molecule has 0 amide bonds. The van der Waals surface area contributed by atoms with Crippen LogP contribution in [0.2, 0.25) is 0 Å². The smallest absolute Gasteiger partial charge is 0.406 e. The molecule has 16 heteroatoms. The van der Waals surface area contributed by atoms with E-state index in [1.165, 1.54) is 37.6 Å². The van der Waals surface area contributed by atoms with Crippen molar-refractivity contribution in [2.75, 3.05) is 36.3 Å². The number of rotatable bonds is 11. The molecule has 1 heterocycles. The summed E-state index contributed by atoms with van der Waals surface area (Å²) in [6, 6.07) is 9.87. The Kier molecular flexibility index (Phi) is 8.89. The third-order valence-corrected chi connectivity index (χ3v) is 4.06. The first-order valence-electron chi connectivity index (χ1n) is 10.3. The summed E-state index contributed by atoms with van der Waals surface area (Å²) < 4.78 is 86.4. The maximum Gasteiger partial charge on any atom is 0.573 e. The van der Waals surface area contributed by atoms with Crippen molar-refractivity contribution >= 4 is 29.7 Å².